The number of rotatable bonds is 7. The Balaban J connectivity index is 1.32. The molecule has 3 aromatic heterocycles. The molecule has 4 aromatic rings. The van der Waals surface area contributed by atoms with Crippen LogP contribution >= 0.6 is 0 Å². The molecule has 0 N–H and O–H groups in total. The van der Waals surface area contributed by atoms with Crippen LogP contribution in [0, 0.1) is 0 Å². The largest absolute Gasteiger partial charge is 0.464 e. The highest BCUT2D eigenvalue weighted by Crippen LogP contribution is 2.18. The van der Waals surface area contributed by atoms with Crippen LogP contribution in [0.4, 0.5) is 0 Å². The molecule has 148 valence electrons. The van der Waals surface area contributed by atoms with Gasteiger partial charge in [-0.05, 0) is 37.6 Å². The molecule has 0 saturated heterocycles. The van der Waals surface area contributed by atoms with E-state index in [0.717, 1.165) is 5.56 Å². The summed E-state index contributed by atoms with van der Waals surface area (Å²) in [6.45, 7) is 1.77. The predicted octanol–water partition coefficient (Wildman–Crippen LogP) is 2.78. The van der Waals surface area contributed by atoms with E-state index in [1.54, 1.807) is 49.6 Å². The number of hydrogen-bond donors (Lipinski definition) is 0. The van der Waals surface area contributed by atoms with Crippen molar-refractivity contribution in [2.75, 3.05) is 6.61 Å². The van der Waals surface area contributed by atoms with E-state index in [-0.39, 0.29) is 6.61 Å². The third-order valence-corrected chi connectivity index (χ3v) is 4.41. The molecular weight excluding hydrogens is 376 g/mol. The first-order chi connectivity index (χ1) is 14.1. The van der Waals surface area contributed by atoms with Gasteiger partial charge in [-0.15, -0.1) is 0 Å². The molecule has 0 saturated carbocycles. The number of ether oxygens (including phenoxy) is 1. The topological polar surface area (TPSA) is 113 Å². The van der Waals surface area contributed by atoms with Gasteiger partial charge in [-0.1, -0.05) is 17.3 Å². The molecule has 0 aliphatic rings. The molecule has 9 heteroatoms. The molecule has 0 amide bonds. The Kier molecular flexibility index (Phi) is 5.19. The number of carbonyl (C=O) groups excluding carboxylic acids is 1. The van der Waals surface area contributed by atoms with Crippen molar-refractivity contribution in [2.45, 2.75) is 25.8 Å². The van der Waals surface area contributed by atoms with E-state index in [4.69, 9.17) is 13.7 Å². The van der Waals surface area contributed by atoms with Crippen LogP contribution in [-0.2, 0) is 16.0 Å². The number of hydrogen-bond acceptors (Lipinski definition) is 8. The van der Waals surface area contributed by atoms with Gasteiger partial charge in [0.05, 0.1) is 12.1 Å². The zero-order valence-electron chi connectivity index (χ0n) is 15.6. The van der Waals surface area contributed by atoms with Crippen LogP contribution in [-0.4, -0.2) is 32.3 Å². The zero-order valence-corrected chi connectivity index (χ0v) is 15.6. The van der Waals surface area contributed by atoms with Gasteiger partial charge in [0.2, 0.25) is 11.7 Å². The Morgan fingerprint density at radius 1 is 1.24 bits per heavy atom. The highest BCUT2D eigenvalue weighted by Gasteiger charge is 2.22. The zero-order chi connectivity index (χ0) is 20.2. The van der Waals surface area contributed by atoms with Gasteiger partial charge in [0, 0.05) is 24.4 Å². The predicted molar refractivity (Wildman–Crippen MR) is 102 cm³/mol. The summed E-state index contributed by atoms with van der Waals surface area (Å²) in [7, 11) is 0. The lowest BCUT2D eigenvalue weighted by atomic mass is 10.2. The molecular formula is C20H18N4O5. The van der Waals surface area contributed by atoms with Crippen molar-refractivity contribution >= 4 is 17.1 Å². The van der Waals surface area contributed by atoms with Gasteiger partial charge in [-0.3, -0.25) is 9.55 Å². The smallest absolute Gasteiger partial charge is 0.420 e. The van der Waals surface area contributed by atoms with Crippen molar-refractivity contribution in [3.8, 4) is 11.4 Å². The summed E-state index contributed by atoms with van der Waals surface area (Å²) in [5, 5.41) is 3.92. The average molecular weight is 394 g/mol. The Morgan fingerprint density at radius 3 is 2.93 bits per heavy atom. The van der Waals surface area contributed by atoms with E-state index in [1.165, 1.54) is 4.57 Å². The Morgan fingerprint density at radius 2 is 2.10 bits per heavy atom. The van der Waals surface area contributed by atoms with Crippen LogP contribution in [0.25, 0.3) is 22.5 Å². The molecule has 0 aliphatic heterocycles. The van der Waals surface area contributed by atoms with E-state index in [1.807, 2.05) is 6.07 Å². The van der Waals surface area contributed by atoms with Crippen molar-refractivity contribution in [3.05, 3.63) is 65.2 Å². The molecule has 1 unspecified atom stereocenters. The van der Waals surface area contributed by atoms with E-state index < -0.39 is 17.8 Å². The number of aryl methyl sites for hydroxylation is 1. The minimum atomic E-state index is -0.799. The average Bonchev–Trinajstić information content (AvgIpc) is 3.35. The lowest BCUT2D eigenvalue weighted by Crippen LogP contribution is -2.26. The normalized spacial score (nSPS) is 12.2. The molecule has 1 atom stereocenters. The summed E-state index contributed by atoms with van der Waals surface area (Å²) in [4.78, 5) is 32.8. The molecule has 0 radical (unpaired) electrons. The maximum absolute atomic E-state index is 12.4. The van der Waals surface area contributed by atoms with Gasteiger partial charge in [0.25, 0.3) is 0 Å². The summed E-state index contributed by atoms with van der Waals surface area (Å²) < 4.78 is 17.0. The first-order valence-corrected chi connectivity index (χ1v) is 9.13. The first kappa shape index (κ1) is 18.6. The third kappa shape index (κ3) is 3.93. The quantitative estimate of drug-likeness (QED) is 0.347. The summed E-state index contributed by atoms with van der Waals surface area (Å²) in [6.07, 6.45) is 4.29. The van der Waals surface area contributed by atoms with E-state index in [0.29, 0.717) is 35.7 Å². The second kappa shape index (κ2) is 8.09. The first-order valence-electron chi connectivity index (χ1n) is 9.13. The number of carbonyl (C=O) groups is 1. The standard InChI is InChI=1S/C20H18N4O5/c1-13(24-15-7-2-3-8-16(15)28-20(24)26)19(25)27-11-5-9-17-22-18(23-29-17)14-6-4-10-21-12-14/h2-4,6-8,10,12-13H,5,9,11H2,1H3. The molecule has 29 heavy (non-hydrogen) atoms. The Bertz CT molecular complexity index is 1180. The Hall–Kier alpha value is -3.75. The van der Waals surface area contributed by atoms with Crippen molar-refractivity contribution < 1.29 is 18.5 Å². The molecule has 0 spiro atoms. The number of para-hydroxylation sites is 2. The van der Waals surface area contributed by atoms with E-state index >= 15 is 0 Å². The maximum atomic E-state index is 12.4. The van der Waals surface area contributed by atoms with Crippen LogP contribution in [0.1, 0.15) is 25.3 Å². The summed E-state index contributed by atoms with van der Waals surface area (Å²) >= 11 is 0. The van der Waals surface area contributed by atoms with E-state index in [2.05, 4.69) is 15.1 Å². The van der Waals surface area contributed by atoms with E-state index in [9.17, 15) is 9.59 Å². The number of pyridine rings is 1. The minimum Gasteiger partial charge on any atom is -0.464 e. The highest BCUT2D eigenvalue weighted by molar-refractivity contribution is 5.79. The fourth-order valence-corrected chi connectivity index (χ4v) is 2.94. The number of esters is 1. The number of fused-ring (bicyclic) bond motifs is 1. The van der Waals surface area contributed by atoms with Gasteiger partial charge in [-0.25, -0.2) is 9.59 Å². The van der Waals surface area contributed by atoms with Gasteiger partial charge >= 0.3 is 11.7 Å². The van der Waals surface area contributed by atoms with Crippen LogP contribution in [0.3, 0.4) is 0 Å². The molecule has 0 bridgehead atoms. The summed E-state index contributed by atoms with van der Waals surface area (Å²) in [6, 6.07) is 9.76. The van der Waals surface area contributed by atoms with Crippen molar-refractivity contribution in [2.24, 2.45) is 0 Å². The molecule has 0 aliphatic carbocycles. The lowest BCUT2D eigenvalue weighted by Gasteiger charge is -2.12. The fourth-order valence-electron chi connectivity index (χ4n) is 2.94. The van der Waals surface area contributed by atoms with Gasteiger partial charge in [-0.2, -0.15) is 4.98 Å². The van der Waals surface area contributed by atoms with Gasteiger partial charge < -0.3 is 13.7 Å². The maximum Gasteiger partial charge on any atom is 0.420 e. The van der Waals surface area contributed by atoms with Crippen LogP contribution in [0.5, 0.6) is 0 Å². The third-order valence-electron chi connectivity index (χ3n) is 4.41. The van der Waals surface area contributed by atoms with Crippen molar-refractivity contribution in [3.63, 3.8) is 0 Å². The molecule has 1 aromatic carbocycles. The number of aromatic nitrogens is 4. The second-order valence-electron chi connectivity index (χ2n) is 6.41. The second-order valence-corrected chi connectivity index (χ2v) is 6.41. The molecule has 9 nitrogen and oxygen atoms in total. The molecule has 4 rings (SSSR count). The summed E-state index contributed by atoms with van der Waals surface area (Å²) in [5.74, 6) is -0.195. The van der Waals surface area contributed by atoms with Crippen LogP contribution < -0.4 is 5.76 Å². The molecule has 3 heterocycles. The van der Waals surface area contributed by atoms with Crippen molar-refractivity contribution in [1.82, 2.24) is 19.7 Å². The number of nitrogens with zero attached hydrogens (tertiary/aromatic N) is 4. The number of benzene rings is 1. The number of oxazole rings is 1. The van der Waals surface area contributed by atoms with Gasteiger partial charge in [0.1, 0.15) is 6.04 Å². The summed E-state index contributed by atoms with van der Waals surface area (Å²) in [5.41, 5.74) is 1.74. The monoisotopic (exact) mass is 394 g/mol. The highest BCUT2D eigenvalue weighted by atomic mass is 16.5. The minimum absolute atomic E-state index is 0.165. The SMILES string of the molecule is CC(C(=O)OCCCc1nc(-c2cccnc2)no1)n1c(=O)oc2ccccc21. The Labute approximate surface area is 164 Å². The van der Waals surface area contributed by atoms with Crippen LogP contribution in [0.15, 0.2) is 62.5 Å². The van der Waals surface area contributed by atoms with Crippen molar-refractivity contribution in [1.29, 1.82) is 0 Å². The lowest BCUT2D eigenvalue weighted by molar-refractivity contribution is -0.147. The van der Waals surface area contributed by atoms with Gasteiger partial charge in [0.15, 0.2) is 5.58 Å². The van der Waals surface area contributed by atoms with Crippen LogP contribution in [0.2, 0.25) is 0 Å². The fraction of sp³-hybridized carbons (Fsp3) is 0.250. The molecule has 0 fully saturated rings.